The molecule has 0 bridgehead atoms. The van der Waals surface area contributed by atoms with Crippen LogP contribution in [0.4, 0.5) is 0 Å². The zero-order valence-electron chi connectivity index (χ0n) is 16.5. The van der Waals surface area contributed by atoms with Crippen LogP contribution in [0.2, 0.25) is 0 Å². The predicted octanol–water partition coefficient (Wildman–Crippen LogP) is 3.94. The Labute approximate surface area is 159 Å². The molecule has 146 valence electrons. The number of sulfonamides is 1. The molecule has 0 unspecified atom stereocenters. The summed E-state index contributed by atoms with van der Waals surface area (Å²) in [5.74, 6) is 1.85. The van der Waals surface area contributed by atoms with E-state index in [4.69, 9.17) is 0 Å². The summed E-state index contributed by atoms with van der Waals surface area (Å²) in [6.07, 6.45) is 4.62. The van der Waals surface area contributed by atoms with E-state index in [0.717, 1.165) is 25.3 Å². The van der Waals surface area contributed by atoms with Crippen LogP contribution in [0.3, 0.4) is 0 Å². The molecular formula is C21H34N2O2S. The summed E-state index contributed by atoms with van der Waals surface area (Å²) in [6, 6.07) is 7.43. The van der Waals surface area contributed by atoms with Crippen LogP contribution in [0, 0.1) is 11.8 Å². The number of hydrogen-bond donors (Lipinski definition) is 0. The van der Waals surface area contributed by atoms with Gasteiger partial charge in [-0.25, -0.2) is 8.42 Å². The molecular weight excluding hydrogens is 344 g/mol. The lowest BCUT2D eigenvalue weighted by Gasteiger charge is -2.37. The number of nitrogens with zero attached hydrogens (tertiary/aromatic N) is 2. The van der Waals surface area contributed by atoms with Gasteiger partial charge in [-0.15, -0.1) is 0 Å². The van der Waals surface area contributed by atoms with Crippen LogP contribution >= 0.6 is 0 Å². The van der Waals surface area contributed by atoms with E-state index in [1.807, 2.05) is 12.1 Å². The van der Waals surface area contributed by atoms with Crippen molar-refractivity contribution in [2.75, 3.05) is 32.7 Å². The molecule has 3 rings (SSSR count). The van der Waals surface area contributed by atoms with E-state index < -0.39 is 10.0 Å². The highest BCUT2D eigenvalue weighted by Gasteiger charge is 2.30. The lowest BCUT2D eigenvalue weighted by Crippen LogP contribution is -2.43. The van der Waals surface area contributed by atoms with Gasteiger partial charge in [0, 0.05) is 26.2 Å². The third-order valence-corrected chi connectivity index (χ3v) is 7.93. The molecule has 0 amide bonds. The van der Waals surface area contributed by atoms with Crippen LogP contribution in [-0.2, 0) is 10.0 Å². The second-order valence-electron chi connectivity index (χ2n) is 8.58. The molecule has 2 saturated heterocycles. The second-order valence-corrected chi connectivity index (χ2v) is 10.5. The first-order chi connectivity index (χ1) is 12.4. The van der Waals surface area contributed by atoms with Crippen molar-refractivity contribution in [3.63, 3.8) is 0 Å². The van der Waals surface area contributed by atoms with Crippen molar-refractivity contribution in [1.29, 1.82) is 0 Å². The third kappa shape index (κ3) is 4.68. The molecule has 1 aromatic rings. The maximum Gasteiger partial charge on any atom is 0.243 e. The molecule has 26 heavy (non-hydrogen) atoms. The minimum Gasteiger partial charge on any atom is -0.303 e. The number of piperidine rings is 2. The summed E-state index contributed by atoms with van der Waals surface area (Å²) in [6.45, 7) is 11.5. The van der Waals surface area contributed by atoms with Crippen molar-refractivity contribution in [2.24, 2.45) is 11.8 Å². The first-order valence-corrected chi connectivity index (χ1v) is 11.6. The summed E-state index contributed by atoms with van der Waals surface area (Å²) in [5.41, 5.74) is 1.18. The van der Waals surface area contributed by atoms with Crippen molar-refractivity contribution in [1.82, 2.24) is 9.21 Å². The van der Waals surface area contributed by atoms with E-state index in [1.54, 1.807) is 16.4 Å². The molecule has 1 atom stereocenters. The molecule has 0 N–H and O–H groups in total. The lowest BCUT2D eigenvalue weighted by atomic mass is 9.94. The Kier molecular flexibility index (Phi) is 6.41. The van der Waals surface area contributed by atoms with Gasteiger partial charge in [-0.05, 0) is 67.7 Å². The van der Waals surface area contributed by atoms with Gasteiger partial charge in [-0.1, -0.05) is 32.9 Å². The van der Waals surface area contributed by atoms with Crippen LogP contribution < -0.4 is 0 Å². The van der Waals surface area contributed by atoms with Gasteiger partial charge in [0.1, 0.15) is 0 Å². The van der Waals surface area contributed by atoms with Crippen molar-refractivity contribution < 1.29 is 8.42 Å². The average molecular weight is 379 g/mol. The van der Waals surface area contributed by atoms with E-state index in [2.05, 4.69) is 25.7 Å². The van der Waals surface area contributed by atoms with Gasteiger partial charge in [-0.2, -0.15) is 4.31 Å². The fourth-order valence-electron chi connectivity index (χ4n) is 4.32. The fourth-order valence-corrected chi connectivity index (χ4v) is 5.79. The molecule has 2 fully saturated rings. The molecule has 0 spiro atoms. The minimum atomic E-state index is -3.35. The van der Waals surface area contributed by atoms with Crippen molar-refractivity contribution >= 4 is 10.0 Å². The van der Waals surface area contributed by atoms with Gasteiger partial charge in [0.05, 0.1) is 4.90 Å². The van der Waals surface area contributed by atoms with Crippen LogP contribution in [0.5, 0.6) is 0 Å². The molecule has 0 aromatic heterocycles. The molecule has 1 aromatic carbocycles. The molecule has 2 heterocycles. The molecule has 5 heteroatoms. The summed E-state index contributed by atoms with van der Waals surface area (Å²) in [4.78, 5) is 3.03. The number of likely N-dealkylation sites (tertiary alicyclic amines) is 1. The highest BCUT2D eigenvalue weighted by atomic mass is 32.2. The average Bonchev–Trinajstić information content (AvgIpc) is 2.62. The summed E-state index contributed by atoms with van der Waals surface area (Å²) in [7, 11) is -3.35. The number of hydrogen-bond acceptors (Lipinski definition) is 3. The lowest BCUT2D eigenvalue weighted by molar-refractivity contribution is 0.136. The normalized spacial score (nSPS) is 24.2. The summed E-state index contributed by atoms with van der Waals surface area (Å²) < 4.78 is 27.5. The van der Waals surface area contributed by atoms with Gasteiger partial charge >= 0.3 is 0 Å². The molecule has 4 nitrogen and oxygen atoms in total. The number of benzene rings is 1. The Morgan fingerprint density at radius 3 is 2.27 bits per heavy atom. The topological polar surface area (TPSA) is 40.6 Å². The van der Waals surface area contributed by atoms with Gasteiger partial charge in [-0.3, -0.25) is 0 Å². The van der Waals surface area contributed by atoms with Gasteiger partial charge in [0.25, 0.3) is 0 Å². The van der Waals surface area contributed by atoms with Crippen molar-refractivity contribution in [3.8, 4) is 0 Å². The van der Waals surface area contributed by atoms with E-state index in [1.165, 1.54) is 31.5 Å². The largest absolute Gasteiger partial charge is 0.303 e. The van der Waals surface area contributed by atoms with Crippen molar-refractivity contribution in [3.05, 3.63) is 29.8 Å². The van der Waals surface area contributed by atoms with Crippen LogP contribution in [-0.4, -0.2) is 50.3 Å². The van der Waals surface area contributed by atoms with Crippen LogP contribution in [0.15, 0.2) is 29.2 Å². The molecule has 2 aliphatic heterocycles. The second kappa shape index (κ2) is 8.41. The Balaban J connectivity index is 1.56. The smallest absolute Gasteiger partial charge is 0.243 e. The summed E-state index contributed by atoms with van der Waals surface area (Å²) >= 11 is 0. The molecule has 2 aliphatic rings. The zero-order chi connectivity index (χ0) is 18.7. The SMILES string of the molecule is CC(C)c1ccc(S(=O)(=O)N2CCC(CN3CCC[C@H](C)C3)CC2)cc1. The Morgan fingerprint density at radius 1 is 1.04 bits per heavy atom. The quantitative estimate of drug-likeness (QED) is 0.779. The van der Waals surface area contributed by atoms with E-state index in [9.17, 15) is 8.42 Å². The number of rotatable bonds is 5. The van der Waals surface area contributed by atoms with E-state index >= 15 is 0 Å². The Bertz CT molecular complexity index is 676. The van der Waals surface area contributed by atoms with E-state index in [0.29, 0.717) is 29.8 Å². The molecule has 0 aliphatic carbocycles. The minimum absolute atomic E-state index is 0.417. The zero-order valence-corrected chi connectivity index (χ0v) is 17.3. The van der Waals surface area contributed by atoms with Gasteiger partial charge in [0.15, 0.2) is 0 Å². The maximum absolute atomic E-state index is 12.9. The first kappa shape index (κ1) is 19.8. The molecule has 0 radical (unpaired) electrons. The third-order valence-electron chi connectivity index (χ3n) is 6.02. The van der Waals surface area contributed by atoms with E-state index in [-0.39, 0.29) is 0 Å². The fraction of sp³-hybridized carbons (Fsp3) is 0.714. The highest BCUT2D eigenvalue weighted by molar-refractivity contribution is 7.89. The standard InChI is InChI=1S/C21H34N2O2S/c1-17(2)20-6-8-21(9-7-20)26(24,25)23-13-10-19(11-14-23)16-22-12-4-5-18(3)15-22/h6-9,17-19H,4-5,10-16H2,1-3H3/t18-/m0/s1. The Hall–Kier alpha value is -0.910. The first-order valence-electron chi connectivity index (χ1n) is 10.2. The predicted molar refractivity (Wildman–Crippen MR) is 107 cm³/mol. The van der Waals surface area contributed by atoms with Gasteiger partial charge in [0.2, 0.25) is 10.0 Å². The van der Waals surface area contributed by atoms with Crippen LogP contribution in [0.1, 0.15) is 57.9 Å². The van der Waals surface area contributed by atoms with Crippen LogP contribution in [0.25, 0.3) is 0 Å². The summed E-state index contributed by atoms with van der Waals surface area (Å²) in [5, 5.41) is 0. The Morgan fingerprint density at radius 2 is 1.69 bits per heavy atom. The van der Waals surface area contributed by atoms with Crippen molar-refractivity contribution in [2.45, 2.75) is 57.3 Å². The molecule has 0 saturated carbocycles. The monoisotopic (exact) mass is 378 g/mol. The highest BCUT2D eigenvalue weighted by Crippen LogP contribution is 2.27. The van der Waals surface area contributed by atoms with Gasteiger partial charge < -0.3 is 4.90 Å². The maximum atomic E-state index is 12.9.